The number of anilines is 2. The molecule has 2 heterocycles. The molecule has 0 fully saturated rings. The second kappa shape index (κ2) is 5.16. The summed E-state index contributed by atoms with van der Waals surface area (Å²) in [5, 5.41) is 5.43. The molecular formula is C16H10Cl2N4. The number of nitrogens with zero attached hydrogens (tertiary/aromatic N) is 2. The maximum Gasteiger partial charge on any atom is 0.158 e. The van der Waals surface area contributed by atoms with Crippen LogP contribution in [0.25, 0.3) is 21.9 Å². The fraction of sp³-hybridized carbons (Fsp3) is 0. The monoisotopic (exact) mass is 328 g/mol. The standard InChI is InChI=1S/C16H10Cl2N4/c17-9-5-10(18)7-11(6-9)21-16-15-14(19-8-20-16)12-3-1-2-4-13(12)22-15/h1-8,22H,(H,19,20,21). The number of rotatable bonds is 2. The molecule has 0 saturated heterocycles. The second-order valence-corrected chi connectivity index (χ2v) is 5.77. The molecule has 0 saturated carbocycles. The quantitative estimate of drug-likeness (QED) is 0.534. The van der Waals surface area contributed by atoms with Crippen molar-refractivity contribution < 1.29 is 0 Å². The van der Waals surface area contributed by atoms with Gasteiger partial charge >= 0.3 is 0 Å². The first-order valence-electron chi connectivity index (χ1n) is 6.65. The van der Waals surface area contributed by atoms with Crippen LogP contribution in [0.4, 0.5) is 11.5 Å². The summed E-state index contributed by atoms with van der Waals surface area (Å²) in [5.74, 6) is 0.680. The van der Waals surface area contributed by atoms with Crippen LogP contribution in [0.15, 0.2) is 48.8 Å². The molecule has 2 aromatic carbocycles. The van der Waals surface area contributed by atoms with Crippen LogP contribution in [0.2, 0.25) is 10.0 Å². The van der Waals surface area contributed by atoms with Crippen molar-refractivity contribution in [2.24, 2.45) is 0 Å². The van der Waals surface area contributed by atoms with Crippen molar-refractivity contribution in [1.29, 1.82) is 0 Å². The van der Waals surface area contributed by atoms with E-state index in [1.807, 2.05) is 24.3 Å². The lowest BCUT2D eigenvalue weighted by molar-refractivity contribution is 1.22. The van der Waals surface area contributed by atoms with Gasteiger partial charge in [0, 0.05) is 26.6 Å². The number of aromatic amines is 1. The minimum atomic E-state index is 0.567. The van der Waals surface area contributed by atoms with E-state index in [1.54, 1.807) is 18.2 Å². The van der Waals surface area contributed by atoms with Crippen LogP contribution >= 0.6 is 23.2 Å². The SMILES string of the molecule is Clc1cc(Cl)cc(Nc2ncnc3c2[nH]c2ccccc23)c1. The molecule has 0 radical (unpaired) electrons. The van der Waals surface area contributed by atoms with Crippen LogP contribution in [0.1, 0.15) is 0 Å². The number of benzene rings is 2. The number of hydrogen-bond donors (Lipinski definition) is 2. The summed E-state index contributed by atoms with van der Waals surface area (Å²) in [7, 11) is 0. The molecule has 0 aliphatic heterocycles. The van der Waals surface area contributed by atoms with Crippen molar-refractivity contribution in [3.8, 4) is 0 Å². The van der Waals surface area contributed by atoms with Gasteiger partial charge in [0.15, 0.2) is 5.82 Å². The van der Waals surface area contributed by atoms with Crippen LogP contribution < -0.4 is 5.32 Å². The van der Waals surface area contributed by atoms with E-state index in [9.17, 15) is 0 Å². The van der Waals surface area contributed by atoms with E-state index in [0.29, 0.717) is 15.9 Å². The molecule has 0 aliphatic carbocycles. The van der Waals surface area contributed by atoms with Gasteiger partial charge in [-0.2, -0.15) is 0 Å². The highest BCUT2D eigenvalue weighted by molar-refractivity contribution is 6.35. The van der Waals surface area contributed by atoms with E-state index < -0.39 is 0 Å². The van der Waals surface area contributed by atoms with Crippen molar-refractivity contribution in [1.82, 2.24) is 15.0 Å². The van der Waals surface area contributed by atoms with Crippen LogP contribution in [0, 0.1) is 0 Å². The van der Waals surface area contributed by atoms with Crippen LogP contribution in [-0.4, -0.2) is 15.0 Å². The van der Waals surface area contributed by atoms with Gasteiger partial charge in [0.25, 0.3) is 0 Å². The lowest BCUT2D eigenvalue weighted by Crippen LogP contribution is -1.95. The average molecular weight is 329 g/mol. The average Bonchev–Trinajstić information content (AvgIpc) is 2.86. The predicted molar refractivity (Wildman–Crippen MR) is 91.1 cm³/mol. The Kier molecular flexibility index (Phi) is 3.13. The van der Waals surface area contributed by atoms with E-state index >= 15 is 0 Å². The molecule has 2 N–H and O–H groups in total. The number of para-hydroxylation sites is 1. The summed E-state index contributed by atoms with van der Waals surface area (Å²) >= 11 is 12.1. The van der Waals surface area contributed by atoms with Gasteiger partial charge in [0.1, 0.15) is 17.4 Å². The Labute approximate surface area is 136 Å². The van der Waals surface area contributed by atoms with Crippen LogP contribution in [0.3, 0.4) is 0 Å². The largest absolute Gasteiger partial charge is 0.350 e. The Hall–Kier alpha value is -2.30. The van der Waals surface area contributed by atoms with Gasteiger partial charge in [-0.3, -0.25) is 0 Å². The first-order valence-corrected chi connectivity index (χ1v) is 7.41. The topological polar surface area (TPSA) is 53.6 Å². The molecule has 0 amide bonds. The Morgan fingerprint density at radius 2 is 1.73 bits per heavy atom. The molecule has 0 unspecified atom stereocenters. The molecule has 0 bridgehead atoms. The first-order chi connectivity index (χ1) is 10.7. The van der Waals surface area contributed by atoms with Gasteiger partial charge in [-0.15, -0.1) is 0 Å². The summed E-state index contributed by atoms with van der Waals surface area (Å²) in [6, 6.07) is 13.3. The Balaban J connectivity index is 1.88. The zero-order valence-corrected chi connectivity index (χ0v) is 12.8. The highest BCUT2D eigenvalue weighted by atomic mass is 35.5. The minimum absolute atomic E-state index is 0.567. The number of H-pyrrole nitrogens is 1. The molecule has 0 atom stereocenters. The van der Waals surface area contributed by atoms with Gasteiger partial charge in [-0.1, -0.05) is 41.4 Å². The van der Waals surface area contributed by atoms with Gasteiger partial charge < -0.3 is 10.3 Å². The third-order valence-corrected chi connectivity index (χ3v) is 3.85. The first kappa shape index (κ1) is 13.4. The summed E-state index contributed by atoms with van der Waals surface area (Å²) < 4.78 is 0. The Morgan fingerprint density at radius 3 is 2.55 bits per heavy atom. The highest BCUT2D eigenvalue weighted by Gasteiger charge is 2.10. The Bertz CT molecular complexity index is 974. The van der Waals surface area contributed by atoms with Gasteiger partial charge in [-0.25, -0.2) is 9.97 Å². The van der Waals surface area contributed by atoms with E-state index in [-0.39, 0.29) is 0 Å². The van der Waals surface area contributed by atoms with Crippen molar-refractivity contribution >= 4 is 56.6 Å². The molecule has 0 aliphatic rings. The molecule has 2 aromatic heterocycles. The molecule has 6 heteroatoms. The van der Waals surface area contributed by atoms with E-state index in [1.165, 1.54) is 6.33 Å². The van der Waals surface area contributed by atoms with Crippen LogP contribution in [-0.2, 0) is 0 Å². The normalized spacial score (nSPS) is 11.2. The van der Waals surface area contributed by atoms with Crippen molar-refractivity contribution in [2.45, 2.75) is 0 Å². The summed E-state index contributed by atoms with van der Waals surface area (Å²) in [5.41, 5.74) is 3.52. The van der Waals surface area contributed by atoms with Crippen LogP contribution in [0.5, 0.6) is 0 Å². The smallest absolute Gasteiger partial charge is 0.158 e. The van der Waals surface area contributed by atoms with Crippen molar-refractivity contribution in [3.63, 3.8) is 0 Å². The summed E-state index contributed by atoms with van der Waals surface area (Å²) in [6.07, 6.45) is 1.54. The maximum absolute atomic E-state index is 6.03. The molecule has 4 rings (SSSR count). The highest BCUT2D eigenvalue weighted by Crippen LogP contribution is 2.30. The van der Waals surface area contributed by atoms with E-state index in [2.05, 4.69) is 20.3 Å². The molecular weight excluding hydrogens is 319 g/mol. The Morgan fingerprint density at radius 1 is 0.955 bits per heavy atom. The third kappa shape index (κ3) is 2.26. The van der Waals surface area contributed by atoms with Crippen molar-refractivity contribution in [2.75, 3.05) is 5.32 Å². The summed E-state index contributed by atoms with van der Waals surface area (Å²) in [4.78, 5) is 12.0. The lowest BCUT2D eigenvalue weighted by Gasteiger charge is -2.07. The van der Waals surface area contributed by atoms with Gasteiger partial charge in [-0.05, 0) is 24.3 Å². The summed E-state index contributed by atoms with van der Waals surface area (Å²) in [6.45, 7) is 0. The number of aromatic nitrogens is 3. The number of nitrogens with one attached hydrogen (secondary N) is 2. The third-order valence-electron chi connectivity index (χ3n) is 3.41. The number of hydrogen-bond acceptors (Lipinski definition) is 3. The predicted octanol–water partition coefficient (Wildman–Crippen LogP) is 5.16. The van der Waals surface area contributed by atoms with E-state index in [0.717, 1.165) is 27.6 Å². The zero-order valence-electron chi connectivity index (χ0n) is 11.3. The molecule has 4 nitrogen and oxygen atoms in total. The minimum Gasteiger partial charge on any atom is -0.350 e. The maximum atomic E-state index is 6.03. The molecule has 4 aromatic rings. The lowest BCUT2D eigenvalue weighted by atomic mass is 10.2. The number of fused-ring (bicyclic) bond motifs is 3. The van der Waals surface area contributed by atoms with E-state index in [4.69, 9.17) is 23.2 Å². The molecule has 108 valence electrons. The second-order valence-electron chi connectivity index (χ2n) is 4.90. The van der Waals surface area contributed by atoms with Gasteiger partial charge in [0.05, 0.1) is 0 Å². The van der Waals surface area contributed by atoms with Gasteiger partial charge in [0.2, 0.25) is 0 Å². The number of halogens is 2. The molecule has 0 spiro atoms. The fourth-order valence-corrected chi connectivity index (χ4v) is 3.03. The molecule has 22 heavy (non-hydrogen) atoms. The van der Waals surface area contributed by atoms with Crippen molar-refractivity contribution in [3.05, 3.63) is 58.8 Å². The fourth-order valence-electron chi connectivity index (χ4n) is 2.50. The zero-order chi connectivity index (χ0) is 15.1.